The maximum atomic E-state index is 10.2. The second kappa shape index (κ2) is 14.0. The van der Waals surface area contributed by atoms with Crippen LogP contribution in [0.1, 0.15) is 71.1 Å². The molecule has 0 aliphatic rings. The van der Waals surface area contributed by atoms with E-state index < -0.39 is 10.4 Å². The molecule has 0 bridgehead atoms. The summed E-state index contributed by atoms with van der Waals surface area (Å²) in [7, 11) is -4.23. The van der Waals surface area contributed by atoms with E-state index in [1.807, 2.05) is 0 Å². The maximum absolute atomic E-state index is 10.2. The summed E-state index contributed by atoms with van der Waals surface area (Å²) >= 11 is 0. The van der Waals surface area contributed by atoms with Gasteiger partial charge < -0.3 is 0 Å². The molecule has 0 aromatic heterocycles. The van der Waals surface area contributed by atoms with Crippen LogP contribution in [0.2, 0.25) is 0 Å². The van der Waals surface area contributed by atoms with Crippen molar-refractivity contribution in [1.82, 2.24) is 0 Å². The van der Waals surface area contributed by atoms with Crippen molar-refractivity contribution in [2.75, 3.05) is 6.61 Å². The molecular formula is C12H26O4STi. The molecule has 18 heavy (non-hydrogen) atoms. The molecule has 6 heteroatoms. The van der Waals surface area contributed by atoms with E-state index in [0.717, 1.165) is 12.8 Å². The fourth-order valence-electron chi connectivity index (χ4n) is 1.75. The van der Waals surface area contributed by atoms with E-state index in [9.17, 15) is 8.42 Å². The number of hydrogen-bond donors (Lipinski definition) is 1. The molecule has 0 aliphatic carbocycles. The molecule has 0 aromatic carbocycles. The monoisotopic (exact) mass is 314 g/mol. The quantitative estimate of drug-likeness (QED) is 0.339. The zero-order valence-electron chi connectivity index (χ0n) is 11.4. The van der Waals surface area contributed by atoms with E-state index >= 15 is 0 Å². The molecule has 0 amide bonds. The van der Waals surface area contributed by atoms with E-state index in [2.05, 4.69) is 11.1 Å². The summed E-state index contributed by atoms with van der Waals surface area (Å²) in [6.07, 6.45) is 11.9. The van der Waals surface area contributed by atoms with Gasteiger partial charge in [0.1, 0.15) is 0 Å². The van der Waals surface area contributed by atoms with Gasteiger partial charge in [0.15, 0.2) is 0 Å². The largest absolute Gasteiger partial charge is 0.397 e. The van der Waals surface area contributed by atoms with Crippen molar-refractivity contribution < 1.29 is 38.9 Å². The summed E-state index contributed by atoms with van der Waals surface area (Å²) in [5.41, 5.74) is 0. The Bertz CT molecular complexity index is 255. The molecule has 0 saturated carbocycles. The smallest absolute Gasteiger partial charge is 0.264 e. The second-order valence-corrected chi connectivity index (χ2v) is 5.52. The van der Waals surface area contributed by atoms with E-state index in [0.29, 0.717) is 6.42 Å². The van der Waals surface area contributed by atoms with Crippen LogP contribution in [0.4, 0.5) is 0 Å². The van der Waals surface area contributed by atoms with Crippen LogP contribution in [0, 0.1) is 0 Å². The van der Waals surface area contributed by atoms with E-state index in [4.69, 9.17) is 4.55 Å². The van der Waals surface area contributed by atoms with Crippen LogP contribution in [0.5, 0.6) is 0 Å². The van der Waals surface area contributed by atoms with Gasteiger partial charge in [-0.25, -0.2) is 4.18 Å². The summed E-state index contributed by atoms with van der Waals surface area (Å²) in [5, 5.41) is 0. The minimum Gasteiger partial charge on any atom is -0.264 e. The third kappa shape index (κ3) is 18.9. The molecule has 108 valence electrons. The molecule has 0 unspecified atom stereocenters. The SMILES string of the molecule is CCCCCCCCCCCCOS(=O)(=O)O.[Ti]. The van der Waals surface area contributed by atoms with Gasteiger partial charge in [-0.2, -0.15) is 8.42 Å². The first-order chi connectivity index (χ1) is 8.06. The molecule has 0 aliphatic heterocycles. The van der Waals surface area contributed by atoms with Gasteiger partial charge in [-0.15, -0.1) is 0 Å². The predicted molar refractivity (Wildman–Crippen MR) is 69.3 cm³/mol. The third-order valence-electron chi connectivity index (χ3n) is 2.73. The number of rotatable bonds is 12. The first-order valence-corrected chi connectivity index (χ1v) is 8.04. The predicted octanol–water partition coefficient (Wildman–Crippen LogP) is 3.72. The van der Waals surface area contributed by atoms with Crippen molar-refractivity contribution in [1.29, 1.82) is 0 Å². The van der Waals surface area contributed by atoms with Crippen molar-refractivity contribution in [3.63, 3.8) is 0 Å². The normalized spacial score (nSPS) is 11.2. The van der Waals surface area contributed by atoms with Gasteiger partial charge in [0.2, 0.25) is 0 Å². The molecule has 0 rings (SSSR count). The fraction of sp³-hybridized carbons (Fsp3) is 1.00. The van der Waals surface area contributed by atoms with Gasteiger partial charge in [-0.05, 0) is 6.42 Å². The molecule has 0 heterocycles. The molecule has 0 saturated heterocycles. The summed E-state index contributed by atoms with van der Waals surface area (Å²) in [4.78, 5) is 0. The van der Waals surface area contributed by atoms with Crippen molar-refractivity contribution in [2.45, 2.75) is 71.1 Å². The van der Waals surface area contributed by atoms with E-state index in [1.54, 1.807) is 0 Å². The summed E-state index contributed by atoms with van der Waals surface area (Å²) < 4.78 is 33.0. The molecule has 0 spiro atoms. The Morgan fingerprint density at radius 1 is 0.833 bits per heavy atom. The second-order valence-electron chi connectivity index (χ2n) is 4.43. The standard InChI is InChI=1S/C12H26O4S.Ti/c1-2-3-4-5-6-7-8-9-10-11-12-16-17(13,14)15;/h2-12H2,1H3,(H,13,14,15);. The Hall–Kier alpha value is 0.584. The van der Waals surface area contributed by atoms with Gasteiger partial charge in [0.25, 0.3) is 0 Å². The molecule has 0 radical (unpaired) electrons. The Morgan fingerprint density at radius 2 is 1.22 bits per heavy atom. The summed E-state index contributed by atoms with van der Waals surface area (Å²) in [6.45, 7) is 2.31. The molecule has 0 aromatic rings. The molecule has 0 fully saturated rings. The van der Waals surface area contributed by atoms with Crippen molar-refractivity contribution >= 4 is 10.4 Å². The van der Waals surface area contributed by atoms with Crippen LogP contribution in [-0.4, -0.2) is 19.6 Å². The Balaban J connectivity index is 0. The van der Waals surface area contributed by atoms with Crippen LogP contribution in [-0.2, 0) is 36.3 Å². The fourth-order valence-corrected chi connectivity index (χ4v) is 2.08. The van der Waals surface area contributed by atoms with Crippen LogP contribution in [0.15, 0.2) is 0 Å². The maximum Gasteiger partial charge on any atom is 0.397 e. The minimum absolute atomic E-state index is 0. The van der Waals surface area contributed by atoms with Crippen LogP contribution >= 0.6 is 0 Å². The zero-order chi connectivity index (χ0) is 13.0. The first kappa shape index (κ1) is 20.9. The zero-order valence-corrected chi connectivity index (χ0v) is 13.7. The van der Waals surface area contributed by atoms with Gasteiger partial charge in [-0.3, -0.25) is 4.55 Å². The van der Waals surface area contributed by atoms with Crippen molar-refractivity contribution in [3.8, 4) is 0 Å². The van der Waals surface area contributed by atoms with Gasteiger partial charge >= 0.3 is 10.4 Å². The van der Waals surface area contributed by atoms with Gasteiger partial charge in [0, 0.05) is 21.7 Å². The summed E-state index contributed by atoms with van der Waals surface area (Å²) in [6, 6.07) is 0. The van der Waals surface area contributed by atoms with E-state index in [-0.39, 0.29) is 28.3 Å². The number of unbranched alkanes of at least 4 members (excludes halogenated alkanes) is 9. The van der Waals surface area contributed by atoms with Crippen molar-refractivity contribution in [2.24, 2.45) is 0 Å². The van der Waals surface area contributed by atoms with E-state index in [1.165, 1.54) is 44.9 Å². The van der Waals surface area contributed by atoms with Gasteiger partial charge in [-0.1, -0.05) is 64.7 Å². The Morgan fingerprint density at radius 3 is 1.61 bits per heavy atom. The van der Waals surface area contributed by atoms with Crippen LogP contribution < -0.4 is 0 Å². The first-order valence-electron chi connectivity index (χ1n) is 6.68. The Kier molecular flexibility index (Phi) is 16.3. The van der Waals surface area contributed by atoms with Crippen molar-refractivity contribution in [3.05, 3.63) is 0 Å². The van der Waals surface area contributed by atoms with Crippen LogP contribution in [0.25, 0.3) is 0 Å². The molecular weight excluding hydrogens is 288 g/mol. The van der Waals surface area contributed by atoms with Crippen LogP contribution in [0.3, 0.4) is 0 Å². The molecule has 4 nitrogen and oxygen atoms in total. The third-order valence-corrected chi connectivity index (χ3v) is 3.19. The average Bonchev–Trinajstić information content (AvgIpc) is 2.24. The Labute approximate surface area is 127 Å². The number of hydrogen-bond acceptors (Lipinski definition) is 3. The molecule has 0 atom stereocenters. The average molecular weight is 314 g/mol. The topological polar surface area (TPSA) is 63.6 Å². The molecule has 1 N–H and O–H groups in total. The van der Waals surface area contributed by atoms with Gasteiger partial charge in [0.05, 0.1) is 6.61 Å². The minimum atomic E-state index is -4.23. The summed E-state index contributed by atoms with van der Waals surface area (Å²) in [5.74, 6) is 0.